The Hall–Kier alpha value is -1.32. The Morgan fingerprint density at radius 2 is 1.80 bits per heavy atom. The highest BCUT2D eigenvalue weighted by atomic mass is 19.4. The molecule has 2 unspecified atom stereocenters. The topological polar surface area (TPSA) is 17.1 Å². The number of benzene rings is 1. The monoisotopic (exact) mass is 284 g/mol. The van der Waals surface area contributed by atoms with E-state index in [1.165, 1.54) is 0 Å². The molecule has 1 aliphatic carbocycles. The molecular formula is C16H19F3O. The van der Waals surface area contributed by atoms with Gasteiger partial charge in [-0.1, -0.05) is 31.0 Å². The van der Waals surface area contributed by atoms with Crippen LogP contribution >= 0.6 is 0 Å². The molecule has 110 valence electrons. The first-order valence-electron chi connectivity index (χ1n) is 6.99. The molecule has 1 saturated carbocycles. The van der Waals surface area contributed by atoms with Crippen molar-refractivity contribution < 1.29 is 18.0 Å². The van der Waals surface area contributed by atoms with Crippen LogP contribution in [-0.4, -0.2) is 12.0 Å². The van der Waals surface area contributed by atoms with Gasteiger partial charge in [0.15, 0.2) is 5.78 Å². The second-order valence-electron chi connectivity index (χ2n) is 5.65. The number of halogens is 3. The number of aryl methyl sites for hydroxylation is 1. The molecule has 1 aromatic rings. The number of rotatable bonds is 2. The van der Waals surface area contributed by atoms with Crippen molar-refractivity contribution >= 4 is 5.78 Å². The summed E-state index contributed by atoms with van der Waals surface area (Å²) in [5, 5.41) is 0. The first-order chi connectivity index (χ1) is 9.32. The molecular weight excluding hydrogens is 265 g/mol. The molecule has 0 bridgehead atoms. The van der Waals surface area contributed by atoms with Gasteiger partial charge in [-0.3, -0.25) is 4.79 Å². The van der Waals surface area contributed by atoms with E-state index in [1.54, 1.807) is 19.1 Å². The number of carbonyl (C=O) groups excluding carboxylic acids is 1. The number of ketones is 1. The van der Waals surface area contributed by atoms with E-state index in [-0.39, 0.29) is 12.2 Å². The maximum absolute atomic E-state index is 13.1. The van der Waals surface area contributed by atoms with Crippen LogP contribution in [0.15, 0.2) is 18.2 Å². The normalized spacial score (nSPS) is 23.6. The lowest BCUT2D eigenvalue weighted by atomic mass is 9.74. The van der Waals surface area contributed by atoms with Crippen LogP contribution < -0.4 is 0 Å². The average molecular weight is 284 g/mol. The molecule has 2 rings (SSSR count). The Bertz CT molecular complexity index is 505. The Morgan fingerprint density at radius 3 is 2.45 bits per heavy atom. The van der Waals surface area contributed by atoms with E-state index in [2.05, 4.69) is 0 Å². The second kappa shape index (κ2) is 5.58. The van der Waals surface area contributed by atoms with Gasteiger partial charge in [0, 0.05) is 11.5 Å². The van der Waals surface area contributed by atoms with Crippen molar-refractivity contribution in [3.63, 3.8) is 0 Å². The number of hydrogen-bond donors (Lipinski definition) is 0. The van der Waals surface area contributed by atoms with Crippen molar-refractivity contribution in [2.24, 2.45) is 11.8 Å². The van der Waals surface area contributed by atoms with E-state index in [0.717, 1.165) is 11.1 Å². The van der Waals surface area contributed by atoms with Gasteiger partial charge < -0.3 is 0 Å². The molecule has 0 radical (unpaired) electrons. The van der Waals surface area contributed by atoms with Crippen molar-refractivity contribution in [1.29, 1.82) is 0 Å². The van der Waals surface area contributed by atoms with E-state index in [1.807, 2.05) is 13.0 Å². The maximum Gasteiger partial charge on any atom is 0.392 e. The van der Waals surface area contributed by atoms with Gasteiger partial charge in [0.25, 0.3) is 0 Å². The second-order valence-corrected chi connectivity index (χ2v) is 5.65. The summed E-state index contributed by atoms with van der Waals surface area (Å²) in [6.45, 7) is 3.67. The lowest BCUT2D eigenvalue weighted by Gasteiger charge is -2.32. The Balaban J connectivity index is 2.33. The van der Waals surface area contributed by atoms with Crippen LogP contribution in [0.1, 0.15) is 47.2 Å². The first kappa shape index (κ1) is 15.1. The Labute approximate surface area is 117 Å². The van der Waals surface area contributed by atoms with E-state index in [9.17, 15) is 18.0 Å². The van der Waals surface area contributed by atoms with Crippen molar-refractivity contribution in [3.05, 3.63) is 34.9 Å². The third-order valence-electron chi connectivity index (χ3n) is 4.39. The summed E-state index contributed by atoms with van der Waals surface area (Å²) in [4.78, 5) is 12.5. The molecule has 0 spiro atoms. The highest BCUT2D eigenvalue weighted by Gasteiger charge is 2.48. The van der Waals surface area contributed by atoms with Crippen LogP contribution in [-0.2, 0) is 0 Å². The molecule has 1 nitrogen and oxygen atoms in total. The standard InChI is InChI=1S/C16H19F3O/c1-10-6-5-8-12(11(10)2)15(20)13-7-3-4-9-14(13)16(17,18)19/h5-6,8,13-14H,3-4,7,9H2,1-2H3. The van der Waals surface area contributed by atoms with Crippen LogP contribution in [0, 0.1) is 25.7 Å². The van der Waals surface area contributed by atoms with E-state index >= 15 is 0 Å². The Kier molecular flexibility index (Phi) is 4.21. The van der Waals surface area contributed by atoms with Crippen molar-refractivity contribution in [2.75, 3.05) is 0 Å². The smallest absolute Gasteiger partial charge is 0.294 e. The predicted molar refractivity (Wildman–Crippen MR) is 71.7 cm³/mol. The third kappa shape index (κ3) is 2.89. The SMILES string of the molecule is Cc1cccc(C(=O)C2CCCCC2C(F)(F)F)c1C. The summed E-state index contributed by atoms with van der Waals surface area (Å²) in [5.41, 5.74) is 2.19. The largest absolute Gasteiger partial charge is 0.392 e. The van der Waals surface area contributed by atoms with Gasteiger partial charge in [-0.25, -0.2) is 0 Å². The van der Waals surface area contributed by atoms with Gasteiger partial charge >= 0.3 is 6.18 Å². The summed E-state index contributed by atoms with van der Waals surface area (Å²) >= 11 is 0. The number of carbonyl (C=O) groups is 1. The number of hydrogen-bond acceptors (Lipinski definition) is 1. The minimum atomic E-state index is -4.28. The Morgan fingerprint density at radius 1 is 1.15 bits per heavy atom. The lowest BCUT2D eigenvalue weighted by molar-refractivity contribution is -0.190. The van der Waals surface area contributed by atoms with Crippen molar-refractivity contribution in [3.8, 4) is 0 Å². The van der Waals surface area contributed by atoms with Crippen molar-refractivity contribution in [1.82, 2.24) is 0 Å². The molecule has 0 amide bonds. The average Bonchev–Trinajstić information content (AvgIpc) is 2.40. The lowest BCUT2D eigenvalue weighted by Crippen LogP contribution is -2.37. The zero-order valence-electron chi connectivity index (χ0n) is 11.8. The van der Waals surface area contributed by atoms with Crippen LogP contribution in [0.25, 0.3) is 0 Å². The molecule has 20 heavy (non-hydrogen) atoms. The summed E-state index contributed by atoms with van der Waals surface area (Å²) in [5.74, 6) is -2.74. The quantitative estimate of drug-likeness (QED) is 0.709. The zero-order valence-corrected chi connectivity index (χ0v) is 11.8. The third-order valence-corrected chi connectivity index (χ3v) is 4.39. The van der Waals surface area contributed by atoms with Gasteiger partial charge in [0.05, 0.1) is 5.92 Å². The fraction of sp³-hybridized carbons (Fsp3) is 0.562. The molecule has 0 saturated heterocycles. The van der Waals surface area contributed by atoms with Gasteiger partial charge in [0.1, 0.15) is 0 Å². The van der Waals surface area contributed by atoms with Crippen LogP contribution in [0.5, 0.6) is 0 Å². The summed E-state index contributed by atoms with van der Waals surface area (Å²) in [7, 11) is 0. The predicted octanol–water partition coefficient (Wildman–Crippen LogP) is 4.85. The summed E-state index contributed by atoms with van der Waals surface area (Å²) in [6.07, 6.45) is -2.60. The highest BCUT2D eigenvalue weighted by molar-refractivity contribution is 5.99. The van der Waals surface area contributed by atoms with E-state index in [0.29, 0.717) is 24.8 Å². The minimum absolute atomic E-state index is 0.0742. The molecule has 0 aromatic heterocycles. The van der Waals surface area contributed by atoms with Gasteiger partial charge in [0.2, 0.25) is 0 Å². The molecule has 1 fully saturated rings. The molecule has 1 aliphatic rings. The van der Waals surface area contributed by atoms with E-state index < -0.39 is 18.0 Å². The fourth-order valence-electron chi connectivity index (χ4n) is 3.05. The van der Waals surface area contributed by atoms with Crippen molar-refractivity contribution in [2.45, 2.75) is 45.7 Å². The summed E-state index contributed by atoms with van der Waals surface area (Å²) < 4.78 is 39.3. The van der Waals surface area contributed by atoms with Gasteiger partial charge in [-0.05, 0) is 37.8 Å². The van der Waals surface area contributed by atoms with E-state index in [4.69, 9.17) is 0 Å². The number of Topliss-reactive ketones (excluding diaryl/α,β-unsaturated/α-hetero) is 1. The molecule has 2 atom stereocenters. The molecule has 1 aromatic carbocycles. The zero-order chi connectivity index (χ0) is 14.9. The maximum atomic E-state index is 13.1. The van der Waals surface area contributed by atoms with Gasteiger partial charge in [-0.2, -0.15) is 13.2 Å². The molecule has 0 N–H and O–H groups in total. The fourth-order valence-corrected chi connectivity index (χ4v) is 3.05. The first-order valence-corrected chi connectivity index (χ1v) is 6.99. The molecule has 0 aliphatic heterocycles. The highest BCUT2D eigenvalue weighted by Crippen LogP contribution is 2.43. The van der Waals surface area contributed by atoms with Gasteiger partial charge in [-0.15, -0.1) is 0 Å². The number of alkyl halides is 3. The summed E-state index contributed by atoms with van der Waals surface area (Å²) in [6, 6.07) is 5.25. The van der Waals surface area contributed by atoms with Crippen LogP contribution in [0.4, 0.5) is 13.2 Å². The molecule has 4 heteroatoms. The van der Waals surface area contributed by atoms with Crippen LogP contribution in [0.2, 0.25) is 0 Å². The minimum Gasteiger partial charge on any atom is -0.294 e. The molecule has 0 heterocycles. The van der Waals surface area contributed by atoms with Crippen LogP contribution in [0.3, 0.4) is 0 Å².